The molecule has 0 unspecified atom stereocenters. The van der Waals surface area contributed by atoms with Crippen LogP contribution in [-0.2, 0) is 4.74 Å². The number of rotatable bonds is 3. The van der Waals surface area contributed by atoms with Crippen molar-refractivity contribution in [2.75, 3.05) is 13.1 Å². The summed E-state index contributed by atoms with van der Waals surface area (Å²) in [6.45, 7) is 5.58. The first kappa shape index (κ1) is 6.02. The summed E-state index contributed by atoms with van der Waals surface area (Å²) >= 11 is 0. The summed E-state index contributed by atoms with van der Waals surface area (Å²) in [5.74, 6) is 0. The SMILES string of the molecule is C[B]COCC. The van der Waals surface area contributed by atoms with Crippen LogP contribution in [0.3, 0.4) is 0 Å². The van der Waals surface area contributed by atoms with E-state index >= 15 is 0 Å². The van der Waals surface area contributed by atoms with Gasteiger partial charge in [-0.2, -0.15) is 0 Å². The predicted molar refractivity (Wildman–Crippen MR) is 28.1 cm³/mol. The Morgan fingerprint density at radius 1 is 1.67 bits per heavy atom. The van der Waals surface area contributed by atoms with Crippen LogP contribution in [0.5, 0.6) is 0 Å². The van der Waals surface area contributed by atoms with Gasteiger partial charge in [-0.15, -0.1) is 0 Å². The Morgan fingerprint density at radius 3 is 2.50 bits per heavy atom. The first-order valence-corrected chi connectivity index (χ1v) is 2.27. The fourth-order valence-corrected chi connectivity index (χ4v) is 0.236. The van der Waals surface area contributed by atoms with Crippen molar-refractivity contribution in [1.29, 1.82) is 0 Å². The molecule has 0 aromatic carbocycles. The van der Waals surface area contributed by atoms with E-state index in [9.17, 15) is 0 Å². The van der Waals surface area contributed by atoms with E-state index in [-0.39, 0.29) is 0 Å². The van der Waals surface area contributed by atoms with Gasteiger partial charge in [0, 0.05) is 13.1 Å². The zero-order chi connectivity index (χ0) is 4.83. The molecule has 0 heterocycles. The van der Waals surface area contributed by atoms with E-state index in [1.807, 2.05) is 21.0 Å². The second-order valence-corrected chi connectivity index (χ2v) is 1.07. The van der Waals surface area contributed by atoms with Gasteiger partial charge in [0.05, 0.1) is 0 Å². The maximum atomic E-state index is 4.93. The Morgan fingerprint density at radius 2 is 2.33 bits per heavy atom. The van der Waals surface area contributed by atoms with Crippen LogP contribution in [-0.4, -0.2) is 20.4 Å². The predicted octanol–water partition coefficient (Wildman–Crippen LogP) is 0.733. The molecule has 0 amide bonds. The molecule has 1 nitrogen and oxygen atoms in total. The molecule has 0 aromatic heterocycles. The van der Waals surface area contributed by atoms with Crippen LogP contribution in [0.1, 0.15) is 6.92 Å². The molecule has 0 rings (SSSR count). The topological polar surface area (TPSA) is 9.23 Å². The Kier molecular flexibility index (Phi) is 5.05. The van der Waals surface area contributed by atoms with Crippen LogP contribution in [0, 0.1) is 0 Å². The van der Waals surface area contributed by atoms with Gasteiger partial charge in [0.15, 0.2) is 0 Å². The number of hydrogen-bond donors (Lipinski definition) is 0. The molecule has 0 aromatic rings. The van der Waals surface area contributed by atoms with Gasteiger partial charge in [0.1, 0.15) is 7.28 Å². The highest BCUT2D eigenvalue weighted by Crippen LogP contribution is 1.66. The number of hydrogen-bond acceptors (Lipinski definition) is 1. The summed E-state index contributed by atoms with van der Waals surface area (Å²) in [7, 11) is 1.99. The van der Waals surface area contributed by atoms with Crippen LogP contribution >= 0.6 is 0 Å². The third-order valence-electron chi connectivity index (χ3n) is 0.489. The van der Waals surface area contributed by atoms with Crippen molar-refractivity contribution in [1.82, 2.24) is 0 Å². The van der Waals surface area contributed by atoms with Crippen molar-refractivity contribution in [3.63, 3.8) is 0 Å². The summed E-state index contributed by atoms with van der Waals surface area (Å²) in [6, 6.07) is 0. The normalized spacial score (nSPS) is 8.33. The van der Waals surface area contributed by atoms with Crippen LogP contribution in [0.4, 0.5) is 0 Å². The van der Waals surface area contributed by atoms with E-state index in [1.54, 1.807) is 0 Å². The van der Waals surface area contributed by atoms with Gasteiger partial charge < -0.3 is 4.74 Å². The van der Waals surface area contributed by atoms with Gasteiger partial charge >= 0.3 is 0 Å². The molecule has 0 saturated carbocycles. The van der Waals surface area contributed by atoms with E-state index < -0.39 is 0 Å². The highest BCUT2D eigenvalue weighted by Gasteiger charge is 1.75. The van der Waals surface area contributed by atoms with E-state index in [0.717, 1.165) is 13.1 Å². The Bertz CT molecular complexity index is 19.5. The average Bonchev–Trinajstić information content (AvgIpc) is 1.61. The van der Waals surface area contributed by atoms with E-state index in [1.165, 1.54) is 0 Å². The molecule has 35 valence electrons. The van der Waals surface area contributed by atoms with Gasteiger partial charge in [0.25, 0.3) is 0 Å². The molecule has 0 aliphatic rings. The monoisotopic (exact) mass is 85.1 g/mol. The van der Waals surface area contributed by atoms with Gasteiger partial charge in [-0.25, -0.2) is 0 Å². The Balaban J connectivity index is 2.34. The lowest BCUT2D eigenvalue weighted by molar-refractivity contribution is 0.193. The maximum Gasteiger partial charge on any atom is 0.141 e. The van der Waals surface area contributed by atoms with Crippen molar-refractivity contribution in [2.24, 2.45) is 0 Å². The number of ether oxygens (including phenoxy) is 1. The lowest BCUT2D eigenvalue weighted by Crippen LogP contribution is -1.97. The van der Waals surface area contributed by atoms with Crippen molar-refractivity contribution < 1.29 is 4.74 Å². The molecule has 0 bridgehead atoms. The van der Waals surface area contributed by atoms with Crippen LogP contribution < -0.4 is 0 Å². The molecule has 0 aliphatic heterocycles. The molecule has 1 radical (unpaired) electrons. The lowest BCUT2D eigenvalue weighted by Gasteiger charge is -1.90. The van der Waals surface area contributed by atoms with E-state index in [0.29, 0.717) is 0 Å². The first-order valence-electron chi connectivity index (χ1n) is 2.27. The Labute approximate surface area is 39.9 Å². The van der Waals surface area contributed by atoms with Gasteiger partial charge in [0.2, 0.25) is 0 Å². The molecule has 0 N–H and O–H groups in total. The third kappa shape index (κ3) is 4.02. The summed E-state index contributed by atoms with van der Waals surface area (Å²) in [5.41, 5.74) is 0. The minimum absolute atomic E-state index is 0.788. The van der Waals surface area contributed by atoms with Gasteiger partial charge in [-0.1, -0.05) is 6.82 Å². The van der Waals surface area contributed by atoms with Crippen LogP contribution in [0.15, 0.2) is 0 Å². The van der Waals surface area contributed by atoms with Crippen molar-refractivity contribution in [2.45, 2.75) is 13.7 Å². The summed E-state index contributed by atoms with van der Waals surface area (Å²) < 4.78 is 4.93. The molecule has 0 atom stereocenters. The van der Waals surface area contributed by atoms with Gasteiger partial charge in [-0.3, -0.25) is 0 Å². The summed E-state index contributed by atoms with van der Waals surface area (Å²) in [6.07, 6.45) is 0. The molecule has 0 saturated heterocycles. The molecular weight excluding hydrogens is 74.9 g/mol. The third-order valence-corrected chi connectivity index (χ3v) is 0.489. The largest absolute Gasteiger partial charge is 0.391 e. The second kappa shape index (κ2) is 5.02. The zero-order valence-electron chi connectivity index (χ0n) is 4.40. The van der Waals surface area contributed by atoms with Crippen LogP contribution in [0.25, 0.3) is 0 Å². The zero-order valence-corrected chi connectivity index (χ0v) is 4.40. The fraction of sp³-hybridized carbons (Fsp3) is 1.00. The summed E-state index contributed by atoms with van der Waals surface area (Å²) in [4.78, 5) is 0. The first-order chi connectivity index (χ1) is 2.91. The highest BCUT2D eigenvalue weighted by molar-refractivity contribution is 6.33. The molecule has 0 aliphatic carbocycles. The minimum atomic E-state index is 0.788. The molecule has 0 fully saturated rings. The maximum absolute atomic E-state index is 4.93. The van der Waals surface area contributed by atoms with Crippen molar-refractivity contribution in [3.05, 3.63) is 0 Å². The molecule has 6 heavy (non-hydrogen) atoms. The lowest BCUT2D eigenvalue weighted by atomic mass is 9.85. The Hall–Kier alpha value is 0.0249. The molecular formula is C4H10BO. The van der Waals surface area contributed by atoms with Crippen molar-refractivity contribution in [3.8, 4) is 0 Å². The standard InChI is InChI=1S/C4H10BO/c1-3-6-4-5-2/h3-4H2,1-2H3. The average molecular weight is 84.9 g/mol. The van der Waals surface area contributed by atoms with E-state index in [4.69, 9.17) is 4.74 Å². The highest BCUT2D eigenvalue weighted by atomic mass is 16.5. The quantitative estimate of drug-likeness (QED) is 0.362. The fourth-order valence-electron chi connectivity index (χ4n) is 0.236. The van der Waals surface area contributed by atoms with Gasteiger partial charge in [-0.05, 0) is 6.92 Å². The molecule has 2 heteroatoms. The van der Waals surface area contributed by atoms with E-state index in [2.05, 4.69) is 0 Å². The van der Waals surface area contributed by atoms with Crippen molar-refractivity contribution >= 4 is 7.28 Å². The molecule has 0 spiro atoms. The minimum Gasteiger partial charge on any atom is -0.391 e. The van der Waals surface area contributed by atoms with Crippen LogP contribution in [0.2, 0.25) is 6.82 Å². The smallest absolute Gasteiger partial charge is 0.141 e. The summed E-state index contributed by atoms with van der Waals surface area (Å²) in [5, 5.41) is 0. The second-order valence-electron chi connectivity index (χ2n) is 1.07.